The van der Waals surface area contributed by atoms with Crippen LogP contribution in [0.1, 0.15) is 88.0 Å². The van der Waals surface area contributed by atoms with Gasteiger partial charge in [0.2, 0.25) is 0 Å². The van der Waals surface area contributed by atoms with E-state index in [-0.39, 0.29) is 12.0 Å². The van der Waals surface area contributed by atoms with Crippen molar-refractivity contribution in [2.24, 2.45) is 0 Å². The highest BCUT2D eigenvalue weighted by atomic mass is 16.6. The highest BCUT2D eigenvalue weighted by molar-refractivity contribution is 5.82. The van der Waals surface area contributed by atoms with Crippen molar-refractivity contribution >= 4 is 18.0 Å². The molecule has 2 fully saturated rings. The van der Waals surface area contributed by atoms with E-state index in [1.807, 2.05) is 41.5 Å². The van der Waals surface area contributed by atoms with Gasteiger partial charge in [-0.3, -0.25) is 9.69 Å². The van der Waals surface area contributed by atoms with Crippen LogP contribution >= 0.6 is 0 Å². The molecule has 0 radical (unpaired) electrons. The number of nitrogens with one attached hydrogen (secondary N) is 1. The highest BCUT2D eigenvalue weighted by Gasteiger charge is 2.38. The normalized spacial score (nSPS) is 21.0. The third-order valence-electron chi connectivity index (χ3n) is 3.92. The number of likely N-dealkylation sites (tertiary alicyclic amines) is 1. The second kappa shape index (κ2) is 12.4. The number of hydrogen-bond acceptors (Lipinski definition) is 7. The van der Waals surface area contributed by atoms with E-state index in [0.29, 0.717) is 13.0 Å². The van der Waals surface area contributed by atoms with Crippen molar-refractivity contribution in [2.45, 2.75) is 117 Å². The summed E-state index contributed by atoms with van der Waals surface area (Å²) in [4.78, 5) is 35.7. The number of carbonyl (C=O) groups is 3. The summed E-state index contributed by atoms with van der Waals surface area (Å²) in [7, 11) is 0. The summed E-state index contributed by atoms with van der Waals surface area (Å²) >= 11 is 0. The minimum absolute atomic E-state index is 0.269. The molecule has 0 aromatic carbocycles. The molecule has 2 aliphatic heterocycles. The molecule has 1 amide bonds. The first-order chi connectivity index (χ1) is 14.3. The maximum absolute atomic E-state index is 12.1. The summed E-state index contributed by atoms with van der Waals surface area (Å²) in [5, 5.41) is 19.7. The average Bonchev–Trinajstić information content (AvgIpc) is 3.23. The van der Waals surface area contributed by atoms with Gasteiger partial charge in [-0.2, -0.15) is 0 Å². The molecule has 2 saturated heterocycles. The number of carboxylic acids is 1. The summed E-state index contributed by atoms with van der Waals surface area (Å²) in [5.41, 5.74) is -1.60. The molecule has 0 aromatic rings. The van der Waals surface area contributed by atoms with Crippen LogP contribution in [0.15, 0.2) is 0 Å². The van der Waals surface area contributed by atoms with E-state index in [1.54, 1.807) is 20.8 Å². The summed E-state index contributed by atoms with van der Waals surface area (Å²) in [6.07, 6.45) is 2.77. The number of esters is 1. The zero-order valence-electron chi connectivity index (χ0n) is 21.3. The number of ether oxygens (including phenoxy) is 2. The molecular formula is C23H44N2O7. The van der Waals surface area contributed by atoms with E-state index in [9.17, 15) is 14.4 Å². The van der Waals surface area contributed by atoms with Crippen LogP contribution < -0.4 is 5.32 Å². The van der Waals surface area contributed by atoms with Crippen molar-refractivity contribution in [1.29, 1.82) is 0 Å². The lowest BCUT2D eigenvalue weighted by Crippen LogP contribution is -2.45. The predicted octanol–water partition coefficient (Wildman–Crippen LogP) is 3.33. The fourth-order valence-corrected chi connectivity index (χ4v) is 2.82. The lowest BCUT2D eigenvalue weighted by Gasteiger charge is -2.29. The molecule has 9 heteroatoms. The van der Waals surface area contributed by atoms with Crippen LogP contribution in [-0.4, -0.2) is 75.1 Å². The average molecular weight is 461 g/mol. The minimum atomic E-state index is -0.720. The minimum Gasteiger partial charge on any atom is -0.480 e. The SMILES string of the molecule is CC(C)(C)O.CC(C)(C)OC(=O)C1CCCN1C(=O)OC(C)(C)C.O=C(O)[C@@H]1CCCN1. The topological polar surface area (TPSA) is 125 Å². The maximum atomic E-state index is 12.1. The lowest BCUT2D eigenvalue weighted by molar-refractivity contribution is -0.160. The Bertz CT molecular complexity index is 569. The zero-order valence-corrected chi connectivity index (χ0v) is 21.3. The van der Waals surface area contributed by atoms with Crippen LogP contribution in [0.2, 0.25) is 0 Å². The first kappa shape index (κ1) is 30.1. The smallest absolute Gasteiger partial charge is 0.411 e. The quantitative estimate of drug-likeness (QED) is 0.536. The van der Waals surface area contributed by atoms with Gasteiger partial charge in [0.05, 0.1) is 5.60 Å². The monoisotopic (exact) mass is 460 g/mol. The van der Waals surface area contributed by atoms with E-state index in [4.69, 9.17) is 19.7 Å². The van der Waals surface area contributed by atoms with Gasteiger partial charge < -0.3 is 25.0 Å². The van der Waals surface area contributed by atoms with Gasteiger partial charge in [-0.1, -0.05) is 0 Å². The number of carboxylic acid groups (broad SMARTS) is 1. The maximum Gasteiger partial charge on any atom is 0.411 e. The lowest BCUT2D eigenvalue weighted by atomic mass is 10.1. The number of amides is 1. The molecular weight excluding hydrogens is 416 g/mol. The third-order valence-corrected chi connectivity index (χ3v) is 3.92. The summed E-state index contributed by atoms with van der Waals surface area (Å²) in [5.74, 6) is -1.07. The number of carbonyl (C=O) groups excluding carboxylic acids is 2. The third kappa shape index (κ3) is 15.0. The van der Waals surface area contributed by atoms with E-state index in [1.165, 1.54) is 4.90 Å². The number of aliphatic carboxylic acids is 1. The van der Waals surface area contributed by atoms with E-state index in [0.717, 1.165) is 25.8 Å². The molecule has 0 saturated carbocycles. The molecule has 1 unspecified atom stereocenters. The van der Waals surface area contributed by atoms with Gasteiger partial charge in [-0.25, -0.2) is 9.59 Å². The van der Waals surface area contributed by atoms with Gasteiger partial charge in [0.25, 0.3) is 0 Å². The summed E-state index contributed by atoms with van der Waals surface area (Å²) in [6, 6.07) is -0.788. The van der Waals surface area contributed by atoms with Crippen molar-refractivity contribution in [2.75, 3.05) is 13.1 Å². The van der Waals surface area contributed by atoms with Crippen molar-refractivity contribution < 1.29 is 34.1 Å². The Labute approximate surface area is 192 Å². The first-order valence-corrected chi connectivity index (χ1v) is 11.2. The number of aliphatic hydroxyl groups is 1. The zero-order chi connectivity index (χ0) is 25.3. The Balaban J connectivity index is 0.000000602. The standard InChI is InChI=1S/C14H25NO4.C5H9NO2.C4H10O/c1-13(2,3)18-11(16)10-8-7-9-15(10)12(17)19-14(4,5)6;7-5(8)4-2-1-3-6-4;1-4(2,3)5/h10H,7-9H2,1-6H3;4,6H,1-3H2,(H,7,8);5H,1-3H3/t;4-;/m.0./s1. The Hall–Kier alpha value is -1.87. The van der Waals surface area contributed by atoms with E-state index >= 15 is 0 Å². The molecule has 3 N–H and O–H groups in total. The van der Waals surface area contributed by atoms with Gasteiger partial charge in [-0.15, -0.1) is 0 Å². The molecule has 0 aromatic heterocycles. The number of hydrogen-bond donors (Lipinski definition) is 3. The van der Waals surface area contributed by atoms with Crippen LogP contribution in [0.4, 0.5) is 4.79 Å². The molecule has 9 nitrogen and oxygen atoms in total. The van der Waals surface area contributed by atoms with Crippen molar-refractivity contribution in [3.8, 4) is 0 Å². The van der Waals surface area contributed by atoms with Crippen LogP contribution in [0.25, 0.3) is 0 Å². The van der Waals surface area contributed by atoms with Crippen LogP contribution in [0, 0.1) is 0 Å². The number of nitrogens with zero attached hydrogens (tertiary/aromatic N) is 1. The fraction of sp³-hybridized carbons (Fsp3) is 0.870. The van der Waals surface area contributed by atoms with Gasteiger partial charge in [-0.05, 0) is 94.5 Å². The van der Waals surface area contributed by atoms with Gasteiger partial charge >= 0.3 is 18.0 Å². The molecule has 2 atom stereocenters. The van der Waals surface area contributed by atoms with Crippen LogP contribution in [0.5, 0.6) is 0 Å². The molecule has 2 heterocycles. The fourth-order valence-electron chi connectivity index (χ4n) is 2.82. The predicted molar refractivity (Wildman–Crippen MR) is 122 cm³/mol. The Morgan fingerprint density at radius 2 is 1.38 bits per heavy atom. The van der Waals surface area contributed by atoms with Crippen LogP contribution in [0.3, 0.4) is 0 Å². The van der Waals surface area contributed by atoms with Crippen molar-refractivity contribution in [3.05, 3.63) is 0 Å². The number of rotatable bonds is 2. The molecule has 0 bridgehead atoms. The Morgan fingerprint density at radius 1 is 0.875 bits per heavy atom. The van der Waals surface area contributed by atoms with E-state index in [2.05, 4.69) is 5.32 Å². The molecule has 188 valence electrons. The molecule has 0 aliphatic carbocycles. The first-order valence-electron chi connectivity index (χ1n) is 11.2. The van der Waals surface area contributed by atoms with Crippen molar-refractivity contribution in [1.82, 2.24) is 10.2 Å². The van der Waals surface area contributed by atoms with Gasteiger partial charge in [0.15, 0.2) is 0 Å². The summed E-state index contributed by atoms with van der Waals surface area (Å²) < 4.78 is 10.7. The Morgan fingerprint density at radius 3 is 1.72 bits per heavy atom. The molecule has 2 rings (SSSR count). The van der Waals surface area contributed by atoms with Gasteiger partial charge in [0.1, 0.15) is 23.3 Å². The van der Waals surface area contributed by atoms with Crippen LogP contribution in [-0.2, 0) is 19.1 Å². The van der Waals surface area contributed by atoms with Gasteiger partial charge in [0, 0.05) is 6.54 Å². The van der Waals surface area contributed by atoms with Crippen molar-refractivity contribution in [3.63, 3.8) is 0 Å². The summed E-state index contributed by atoms with van der Waals surface area (Å²) in [6.45, 7) is 17.5. The second-order valence-electron chi connectivity index (χ2n) is 11.0. The largest absolute Gasteiger partial charge is 0.480 e. The highest BCUT2D eigenvalue weighted by Crippen LogP contribution is 2.23. The second-order valence-corrected chi connectivity index (χ2v) is 11.0. The molecule has 0 spiro atoms. The van der Waals surface area contributed by atoms with E-state index < -0.39 is 34.9 Å². The molecule has 32 heavy (non-hydrogen) atoms. The Kier molecular flexibility index (Phi) is 11.7. The molecule has 2 aliphatic rings.